The number of aliphatic carboxylic acids is 1. The van der Waals surface area contributed by atoms with Crippen LogP contribution >= 0.6 is 11.8 Å². The van der Waals surface area contributed by atoms with E-state index in [4.69, 9.17) is 9.84 Å². The number of amides is 1. The van der Waals surface area contributed by atoms with Gasteiger partial charge in [-0.15, -0.1) is 0 Å². The lowest BCUT2D eigenvalue weighted by Crippen LogP contribution is -2.41. The highest BCUT2D eigenvalue weighted by Crippen LogP contribution is 2.23. The topological polar surface area (TPSA) is 83.9 Å². The van der Waals surface area contributed by atoms with Crippen molar-refractivity contribution in [3.05, 3.63) is 30.3 Å². The van der Waals surface area contributed by atoms with Crippen LogP contribution in [0.2, 0.25) is 0 Å². The van der Waals surface area contributed by atoms with Crippen LogP contribution in [0.1, 0.15) is 26.2 Å². The van der Waals surface area contributed by atoms with Crippen LogP contribution in [0.3, 0.4) is 0 Å². The Morgan fingerprint density at radius 3 is 2.70 bits per heavy atom. The maximum absolute atomic E-state index is 12.2. The van der Waals surface area contributed by atoms with Crippen LogP contribution in [-0.4, -0.2) is 45.0 Å². The molecule has 0 saturated carbocycles. The van der Waals surface area contributed by atoms with Crippen LogP contribution < -0.4 is 4.74 Å². The summed E-state index contributed by atoms with van der Waals surface area (Å²) in [5.74, 6) is -0.754. The van der Waals surface area contributed by atoms with Gasteiger partial charge in [-0.25, -0.2) is 9.59 Å². The van der Waals surface area contributed by atoms with Crippen LogP contribution in [-0.2, 0) is 9.59 Å². The molecule has 0 spiro atoms. The molecule has 0 aliphatic carbocycles. The van der Waals surface area contributed by atoms with Gasteiger partial charge in [0.1, 0.15) is 11.8 Å². The van der Waals surface area contributed by atoms with E-state index in [0.717, 1.165) is 11.8 Å². The number of ether oxygens (including phenoxy) is 1. The van der Waals surface area contributed by atoms with Crippen molar-refractivity contribution in [1.29, 1.82) is 0 Å². The number of likely N-dealkylation sites (tertiary alicyclic amines) is 1. The Labute approximate surface area is 138 Å². The molecule has 1 aromatic rings. The molecule has 1 amide bonds. The Balaban J connectivity index is 1.82. The number of carboxylic acid groups (broad SMARTS) is 1. The molecule has 1 N–H and O–H groups in total. The van der Waals surface area contributed by atoms with Crippen LogP contribution in [0.5, 0.6) is 5.75 Å². The molecule has 1 unspecified atom stereocenters. The Hall–Kier alpha value is -2.02. The second-order valence-corrected chi connectivity index (χ2v) is 6.75. The second kappa shape index (κ2) is 8.01. The van der Waals surface area contributed by atoms with E-state index in [1.165, 1.54) is 4.90 Å². The number of hydrogen-bond donors (Lipinski definition) is 1. The fourth-order valence-corrected chi connectivity index (χ4v) is 3.20. The number of carboxylic acids is 1. The molecule has 1 saturated heterocycles. The molecule has 7 heteroatoms. The lowest BCUT2D eigenvalue weighted by Gasteiger charge is -2.22. The van der Waals surface area contributed by atoms with Gasteiger partial charge in [-0.1, -0.05) is 25.1 Å². The van der Waals surface area contributed by atoms with E-state index in [-0.39, 0.29) is 17.6 Å². The van der Waals surface area contributed by atoms with Crippen LogP contribution in [0.15, 0.2) is 30.3 Å². The van der Waals surface area contributed by atoms with E-state index in [1.807, 2.05) is 6.07 Å². The van der Waals surface area contributed by atoms with Crippen LogP contribution in [0.4, 0.5) is 4.79 Å². The van der Waals surface area contributed by atoms with E-state index in [9.17, 15) is 14.4 Å². The van der Waals surface area contributed by atoms with Crippen molar-refractivity contribution in [2.24, 2.45) is 0 Å². The summed E-state index contributed by atoms with van der Waals surface area (Å²) in [5, 5.41) is 8.34. The molecule has 23 heavy (non-hydrogen) atoms. The van der Waals surface area contributed by atoms with Gasteiger partial charge in [0.2, 0.25) is 5.91 Å². The van der Waals surface area contributed by atoms with Crippen molar-refractivity contribution in [3.8, 4) is 5.75 Å². The molecular weight excluding hydrogens is 318 g/mol. The largest absolute Gasteiger partial charge is 0.480 e. The van der Waals surface area contributed by atoms with Gasteiger partial charge < -0.3 is 14.7 Å². The van der Waals surface area contributed by atoms with Crippen molar-refractivity contribution in [3.63, 3.8) is 0 Å². The molecule has 0 radical (unpaired) electrons. The molecule has 2 atom stereocenters. The first kappa shape index (κ1) is 17.3. The summed E-state index contributed by atoms with van der Waals surface area (Å²) in [6.45, 7) is 2.21. The van der Waals surface area contributed by atoms with Crippen LogP contribution in [0.25, 0.3) is 0 Å². The molecule has 2 rings (SSSR count). The Morgan fingerprint density at radius 2 is 2.04 bits per heavy atom. The van der Waals surface area contributed by atoms with Crippen molar-refractivity contribution in [1.82, 2.24) is 4.90 Å². The molecule has 1 aliphatic rings. The van der Waals surface area contributed by atoms with Gasteiger partial charge in [0.15, 0.2) is 0 Å². The number of carbonyl (C=O) groups excluding carboxylic acids is 2. The summed E-state index contributed by atoms with van der Waals surface area (Å²) in [4.78, 5) is 36.5. The first-order valence-corrected chi connectivity index (χ1v) is 8.31. The molecule has 124 valence electrons. The van der Waals surface area contributed by atoms with Gasteiger partial charge in [0, 0.05) is 18.2 Å². The average Bonchev–Trinajstić information content (AvgIpc) is 2.97. The molecular formula is C16H19NO5S. The minimum atomic E-state index is -0.973. The first-order chi connectivity index (χ1) is 11.0. The van der Waals surface area contributed by atoms with Crippen LogP contribution in [0, 0.1) is 0 Å². The number of carbonyl (C=O) groups is 3. The Kier molecular flexibility index (Phi) is 6.04. The standard InChI is InChI=1S/C16H19NO5S/c1-11(23-16(21)22-12-6-3-2-4-7-12)10-14(18)17-9-5-8-13(17)15(19)20/h2-4,6-7,11,13H,5,8-10H2,1H3,(H,19,20)/t11?,13-/m0/s1. The maximum atomic E-state index is 12.2. The van der Waals surface area contributed by atoms with E-state index in [1.54, 1.807) is 31.2 Å². The molecule has 6 nitrogen and oxygen atoms in total. The predicted octanol–water partition coefficient (Wildman–Crippen LogP) is 2.77. The second-order valence-electron chi connectivity index (χ2n) is 5.38. The predicted molar refractivity (Wildman–Crippen MR) is 86.5 cm³/mol. The van der Waals surface area contributed by atoms with E-state index >= 15 is 0 Å². The van der Waals surface area contributed by atoms with Crippen molar-refractivity contribution in [2.75, 3.05) is 6.54 Å². The highest BCUT2D eigenvalue weighted by Gasteiger charge is 2.34. The zero-order chi connectivity index (χ0) is 16.8. The highest BCUT2D eigenvalue weighted by atomic mass is 32.2. The number of nitrogens with zero attached hydrogens (tertiary/aromatic N) is 1. The summed E-state index contributed by atoms with van der Waals surface area (Å²) in [7, 11) is 0. The molecule has 1 aliphatic heterocycles. The summed E-state index contributed by atoms with van der Waals surface area (Å²) in [6.07, 6.45) is 1.29. The molecule has 1 heterocycles. The van der Waals surface area contributed by atoms with Gasteiger partial charge >= 0.3 is 11.3 Å². The van der Waals surface area contributed by atoms with Gasteiger partial charge in [0.25, 0.3) is 0 Å². The fraction of sp³-hybridized carbons (Fsp3) is 0.438. The minimum Gasteiger partial charge on any atom is -0.480 e. The van der Waals surface area contributed by atoms with Crippen molar-refractivity contribution in [2.45, 2.75) is 37.5 Å². The van der Waals surface area contributed by atoms with E-state index in [0.29, 0.717) is 25.1 Å². The van der Waals surface area contributed by atoms with Gasteiger partial charge in [-0.05, 0) is 36.7 Å². The van der Waals surface area contributed by atoms with E-state index < -0.39 is 17.3 Å². The number of hydrogen-bond acceptors (Lipinski definition) is 5. The summed E-state index contributed by atoms with van der Waals surface area (Å²) < 4.78 is 5.16. The van der Waals surface area contributed by atoms with Crippen molar-refractivity contribution < 1.29 is 24.2 Å². The third-order valence-corrected chi connectivity index (χ3v) is 4.41. The zero-order valence-corrected chi connectivity index (χ0v) is 13.6. The third-order valence-electron chi connectivity index (χ3n) is 3.56. The molecule has 1 aromatic carbocycles. The lowest BCUT2D eigenvalue weighted by atomic mass is 10.2. The monoisotopic (exact) mass is 337 g/mol. The summed E-state index contributed by atoms with van der Waals surface area (Å²) >= 11 is 0.935. The SMILES string of the molecule is CC(CC(=O)N1CCC[C@H]1C(=O)O)SC(=O)Oc1ccccc1. The normalized spacial score (nSPS) is 18.5. The smallest absolute Gasteiger partial charge is 0.372 e. The quantitative estimate of drug-likeness (QED) is 0.832. The van der Waals surface area contributed by atoms with Gasteiger partial charge in [-0.3, -0.25) is 4.79 Å². The van der Waals surface area contributed by atoms with Crippen molar-refractivity contribution >= 4 is 28.9 Å². The van der Waals surface area contributed by atoms with Gasteiger partial charge in [-0.2, -0.15) is 0 Å². The Bertz CT molecular complexity index is 577. The first-order valence-electron chi connectivity index (χ1n) is 7.43. The number of para-hydroxylation sites is 1. The Morgan fingerprint density at radius 1 is 1.35 bits per heavy atom. The summed E-state index contributed by atoms with van der Waals surface area (Å²) in [5.41, 5.74) is 0. The van der Waals surface area contributed by atoms with E-state index in [2.05, 4.69) is 0 Å². The van der Waals surface area contributed by atoms with Gasteiger partial charge in [0.05, 0.1) is 0 Å². The molecule has 0 bridgehead atoms. The molecule has 1 fully saturated rings. The zero-order valence-electron chi connectivity index (χ0n) is 12.8. The third kappa shape index (κ3) is 4.99. The minimum absolute atomic E-state index is 0.109. The summed E-state index contributed by atoms with van der Waals surface area (Å²) in [6, 6.07) is 7.96. The lowest BCUT2D eigenvalue weighted by molar-refractivity contribution is -0.148. The molecule has 0 aromatic heterocycles. The average molecular weight is 337 g/mol. The number of rotatable bonds is 5. The highest BCUT2D eigenvalue weighted by molar-refractivity contribution is 8.13. The fourth-order valence-electron chi connectivity index (χ4n) is 2.50. The maximum Gasteiger partial charge on any atom is 0.372 e. The number of benzene rings is 1. The number of thioether (sulfide) groups is 1.